The molecule has 0 saturated carbocycles. The second-order valence-electron chi connectivity index (χ2n) is 6.27. The first kappa shape index (κ1) is 21.1. The predicted octanol–water partition coefficient (Wildman–Crippen LogP) is 3.51. The van der Waals surface area contributed by atoms with Crippen molar-refractivity contribution in [1.82, 2.24) is 0 Å². The van der Waals surface area contributed by atoms with E-state index in [4.69, 9.17) is 18.9 Å². The third-order valence-electron chi connectivity index (χ3n) is 4.19. The molecule has 7 heteroatoms. The Balaban J connectivity index is 2.14. The summed E-state index contributed by atoms with van der Waals surface area (Å²) in [5.74, 6) is -0.0974. The molecule has 2 rings (SSSR count). The third kappa shape index (κ3) is 4.73. The van der Waals surface area contributed by atoms with Gasteiger partial charge in [0.05, 0.1) is 26.9 Å². The van der Waals surface area contributed by atoms with Crippen molar-refractivity contribution in [2.45, 2.75) is 26.9 Å². The van der Waals surface area contributed by atoms with Gasteiger partial charge in [-0.25, -0.2) is 4.79 Å². The molecular weight excluding hydrogens is 362 g/mol. The van der Waals surface area contributed by atoms with Crippen molar-refractivity contribution >= 4 is 17.6 Å². The van der Waals surface area contributed by atoms with E-state index in [-0.39, 0.29) is 5.56 Å². The molecule has 0 bridgehead atoms. The van der Waals surface area contributed by atoms with Crippen LogP contribution in [-0.2, 0) is 9.53 Å². The second kappa shape index (κ2) is 9.12. The number of methoxy groups -OCH3 is 3. The number of rotatable bonds is 7. The molecule has 28 heavy (non-hydrogen) atoms. The molecule has 1 amide bonds. The molecular formula is C21H25NO6. The Bertz CT molecular complexity index is 852. The minimum Gasteiger partial charge on any atom is -0.493 e. The molecule has 2 aromatic carbocycles. The summed E-state index contributed by atoms with van der Waals surface area (Å²) < 4.78 is 21.0. The Hall–Kier alpha value is -3.22. The zero-order chi connectivity index (χ0) is 20.8. The lowest BCUT2D eigenvalue weighted by Gasteiger charge is -2.17. The van der Waals surface area contributed by atoms with Gasteiger partial charge < -0.3 is 24.3 Å². The molecule has 150 valence electrons. The molecule has 0 radical (unpaired) electrons. The first-order valence-electron chi connectivity index (χ1n) is 8.69. The van der Waals surface area contributed by atoms with Crippen molar-refractivity contribution in [3.05, 3.63) is 47.0 Å². The first-order valence-corrected chi connectivity index (χ1v) is 8.69. The number of ether oxygens (including phenoxy) is 4. The van der Waals surface area contributed by atoms with E-state index in [2.05, 4.69) is 5.32 Å². The number of hydrogen-bond acceptors (Lipinski definition) is 6. The van der Waals surface area contributed by atoms with Gasteiger partial charge in [0.15, 0.2) is 17.6 Å². The highest BCUT2D eigenvalue weighted by Crippen LogP contribution is 2.38. The van der Waals surface area contributed by atoms with Crippen LogP contribution in [0.3, 0.4) is 0 Å². The van der Waals surface area contributed by atoms with E-state index in [9.17, 15) is 9.59 Å². The molecule has 0 unspecified atom stereocenters. The van der Waals surface area contributed by atoms with E-state index >= 15 is 0 Å². The van der Waals surface area contributed by atoms with Crippen LogP contribution in [-0.4, -0.2) is 39.3 Å². The topological polar surface area (TPSA) is 83.1 Å². The molecule has 0 aromatic heterocycles. The Morgan fingerprint density at radius 2 is 1.54 bits per heavy atom. The maximum absolute atomic E-state index is 12.5. The van der Waals surface area contributed by atoms with E-state index in [1.807, 2.05) is 32.0 Å². The van der Waals surface area contributed by atoms with E-state index in [0.29, 0.717) is 22.9 Å². The smallest absolute Gasteiger partial charge is 0.339 e. The van der Waals surface area contributed by atoms with Crippen LogP contribution in [0.15, 0.2) is 30.3 Å². The normalized spacial score (nSPS) is 11.4. The molecule has 0 aliphatic rings. The number of amides is 1. The van der Waals surface area contributed by atoms with Crippen molar-refractivity contribution in [2.24, 2.45) is 0 Å². The average molecular weight is 387 g/mol. The van der Waals surface area contributed by atoms with E-state index in [1.165, 1.54) is 40.4 Å². The first-order chi connectivity index (χ1) is 13.3. The highest BCUT2D eigenvalue weighted by atomic mass is 16.5. The summed E-state index contributed by atoms with van der Waals surface area (Å²) in [5.41, 5.74) is 2.88. The van der Waals surface area contributed by atoms with Gasteiger partial charge in [-0.1, -0.05) is 17.7 Å². The van der Waals surface area contributed by atoms with Gasteiger partial charge in [0.2, 0.25) is 5.75 Å². The molecule has 1 atom stereocenters. The van der Waals surface area contributed by atoms with Crippen molar-refractivity contribution in [1.29, 1.82) is 0 Å². The molecule has 7 nitrogen and oxygen atoms in total. The van der Waals surface area contributed by atoms with Crippen LogP contribution in [0, 0.1) is 13.8 Å². The molecule has 0 saturated heterocycles. The van der Waals surface area contributed by atoms with Crippen LogP contribution in [0.4, 0.5) is 5.69 Å². The lowest BCUT2D eigenvalue weighted by molar-refractivity contribution is -0.123. The highest BCUT2D eigenvalue weighted by Gasteiger charge is 2.22. The van der Waals surface area contributed by atoms with Gasteiger partial charge in [0.1, 0.15) is 0 Å². The van der Waals surface area contributed by atoms with Gasteiger partial charge in [0.25, 0.3) is 5.91 Å². The third-order valence-corrected chi connectivity index (χ3v) is 4.19. The van der Waals surface area contributed by atoms with Crippen molar-refractivity contribution in [2.75, 3.05) is 26.6 Å². The summed E-state index contributed by atoms with van der Waals surface area (Å²) in [6.07, 6.45) is -0.993. The Morgan fingerprint density at radius 3 is 2.04 bits per heavy atom. The molecule has 0 fully saturated rings. The fourth-order valence-corrected chi connectivity index (χ4v) is 2.67. The predicted molar refractivity (Wildman–Crippen MR) is 106 cm³/mol. The largest absolute Gasteiger partial charge is 0.493 e. The molecule has 0 aliphatic carbocycles. The standard InChI is InChI=1S/C21H25NO6/c1-12-7-8-16(13(2)9-12)22-20(23)14(3)28-21(24)15-10-17(25-4)19(27-6)18(11-15)26-5/h7-11,14H,1-6H3,(H,22,23)/t14-/m1/s1. The van der Waals surface area contributed by atoms with Crippen LogP contribution < -0.4 is 19.5 Å². The van der Waals surface area contributed by atoms with Crippen LogP contribution in [0.5, 0.6) is 17.2 Å². The minimum atomic E-state index is -0.993. The maximum atomic E-state index is 12.5. The number of aryl methyl sites for hydroxylation is 2. The van der Waals surface area contributed by atoms with Crippen LogP contribution in [0.25, 0.3) is 0 Å². The summed E-state index contributed by atoms with van der Waals surface area (Å²) in [6, 6.07) is 8.62. The lowest BCUT2D eigenvalue weighted by atomic mass is 10.1. The van der Waals surface area contributed by atoms with E-state index < -0.39 is 18.0 Å². The number of carbonyl (C=O) groups excluding carboxylic acids is 2. The number of esters is 1. The number of hydrogen-bond donors (Lipinski definition) is 1. The quantitative estimate of drug-likeness (QED) is 0.732. The fraction of sp³-hybridized carbons (Fsp3) is 0.333. The molecule has 0 spiro atoms. The zero-order valence-electron chi connectivity index (χ0n) is 16.9. The molecule has 0 heterocycles. The molecule has 2 aromatic rings. The monoisotopic (exact) mass is 387 g/mol. The summed E-state index contributed by atoms with van der Waals surface area (Å²) in [7, 11) is 4.37. The summed E-state index contributed by atoms with van der Waals surface area (Å²) in [6.45, 7) is 5.38. The van der Waals surface area contributed by atoms with Crippen molar-refractivity contribution < 1.29 is 28.5 Å². The van der Waals surface area contributed by atoms with Crippen molar-refractivity contribution in [3.8, 4) is 17.2 Å². The van der Waals surface area contributed by atoms with E-state index in [1.54, 1.807) is 0 Å². The minimum absolute atomic E-state index is 0.181. The Kier molecular flexibility index (Phi) is 6.87. The Morgan fingerprint density at radius 1 is 0.929 bits per heavy atom. The van der Waals surface area contributed by atoms with Gasteiger partial charge in [-0.3, -0.25) is 4.79 Å². The van der Waals surface area contributed by atoms with Crippen LogP contribution in [0.1, 0.15) is 28.4 Å². The summed E-state index contributed by atoms with van der Waals surface area (Å²) >= 11 is 0. The summed E-state index contributed by atoms with van der Waals surface area (Å²) in [5, 5.41) is 2.77. The van der Waals surface area contributed by atoms with Gasteiger partial charge in [-0.05, 0) is 44.5 Å². The number of nitrogens with one attached hydrogen (secondary N) is 1. The Labute approximate surface area is 164 Å². The van der Waals surface area contributed by atoms with Gasteiger partial charge in [0, 0.05) is 5.69 Å². The van der Waals surface area contributed by atoms with Gasteiger partial charge in [-0.15, -0.1) is 0 Å². The van der Waals surface area contributed by atoms with Gasteiger partial charge >= 0.3 is 5.97 Å². The van der Waals surface area contributed by atoms with Gasteiger partial charge in [-0.2, -0.15) is 0 Å². The zero-order valence-corrected chi connectivity index (χ0v) is 16.9. The lowest BCUT2D eigenvalue weighted by Crippen LogP contribution is -2.30. The fourth-order valence-electron chi connectivity index (χ4n) is 2.67. The van der Waals surface area contributed by atoms with Crippen LogP contribution in [0.2, 0.25) is 0 Å². The average Bonchev–Trinajstić information content (AvgIpc) is 2.68. The molecule has 0 aliphatic heterocycles. The van der Waals surface area contributed by atoms with E-state index in [0.717, 1.165) is 11.1 Å². The highest BCUT2D eigenvalue weighted by molar-refractivity contribution is 5.98. The number of carbonyl (C=O) groups is 2. The molecule has 1 N–H and O–H groups in total. The SMILES string of the molecule is COc1cc(C(=O)O[C@H](C)C(=O)Nc2ccc(C)cc2C)cc(OC)c1OC. The van der Waals surface area contributed by atoms with Crippen molar-refractivity contribution in [3.63, 3.8) is 0 Å². The maximum Gasteiger partial charge on any atom is 0.339 e. The second-order valence-corrected chi connectivity index (χ2v) is 6.27. The number of anilines is 1. The number of benzene rings is 2. The summed E-state index contributed by atoms with van der Waals surface area (Å²) in [4.78, 5) is 24.9. The van der Waals surface area contributed by atoms with Crippen LogP contribution >= 0.6 is 0 Å².